The van der Waals surface area contributed by atoms with E-state index in [2.05, 4.69) is 50.1 Å². The number of hydrogen-bond acceptors (Lipinski definition) is 4. The van der Waals surface area contributed by atoms with E-state index in [4.69, 9.17) is 4.52 Å². The summed E-state index contributed by atoms with van der Waals surface area (Å²) in [5.41, 5.74) is 0.337. The van der Waals surface area contributed by atoms with Crippen LogP contribution < -0.4 is 5.32 Å². The Balaban J connectivity index is 1.97. The number of aromatic nitrogens is 2. The Hall–Kier alpha value is -1.39. The van der Waals surface area contributed by atoms with E-state index in [-0.39, 0.29) is 17.9 Å². The van der Waals surface area contributed by atoms with Gasteiger partial charge in [-0.05, 0) is 49.4 Å². The molecule has 5 heteroatoms. The summed E-state index contributed by atoms with van der Waals surface area (Å²) in [4.78, 5) is 16.8. The fourth-order valence-electron chi connectivity index (χ4n) is 4.15. The van der Waals surface area contributed by atoms with E-state index >= 15 is 0 Å². The van der Waals surface area contributed by atoms with Crippen molar-refractivity contribution in [2.45, 2.75) is 73.3 Å². The highest BCUT2D eigenvalue weighted by Gasteiger charge is 2.33. The van der Waals surface area contributed by atoms with Crippen LogP contribution in [0.15, 0.2) is 4.52 Å². The van der Waals surface area contributed by atoms with Gasteiger partial charge in [0.25, 0.3) is 0 Å². The summed E-state index contributed by atoms with van der Waals surface area (Å²) in [6, 6.07) is -0.210. The smallest absolute Gasteiger partial charge is 0.249 e. The van der Waals surface area contributed by atoms with E-state index in [1.54, 1.807) is 6.92 Å². The highest BCUT2D eigenvalue weighted by Crippen LogP contribution is 2.42. The molecule has 0 bridgehead atoms. The molecule has 1 aromatic heterocycles. The summed E-state index contributed by atoms with van der Waals surface area (Å²) in [6.45, 7) is 12.8. The van der Waals surface area contributed by atoms with Gasteiger partial charge in [-0.2, -0.15) is 4.98 Å². The zero-order valence-electron chi connectivity index (χ0n) is 15.3. The third-order valence-electron chi connectivity index (χ3n) is 4.74. The molecule has 0 aromatic carbocycles. The second-order valence-electron chi connectivity index (χ2n) is 8.45. The average molecular weight is 321 g/mol. The summed E-state index contributed by atoms with van der Waals surface area (Å²) < 4.78 is 5.25. The lowest BCUT2D eigenvalue weighted by Gasteiger charge is -2.39. The molecule has 1 amide bonds. The molecule has 1 fully saturated rings. The molecular formula is C18H31N3O2. The van der Waals surface area contributed by atoms with Crippen LogP contribution in [0.2, 0.25) is 0 Å². The van der Waals surface area contributed by atoms with Crippen molar-refractivity contribution in [1.29, 1.82) is 0 Å². The average Bonchev–Trinajstić information content (AvgIpc) is 2.79. The molecular weight excluding hydrogens is 290 g/mol. The van der Waals surface area contributed by atoms with Crippen LogP contribution in [0.5, 0.6) is 0 Å². The van der Waals surface area contributed by atoms with Crippen LogP contribution in [0.25, 0.3) is 0 Å². The number of nitrogens with zero attached hydrogens (tertiary/aromatic N) is 2. The van der Waals surface area contributed by atoms with Gasteiger partial charge in [0.05, 0.1) is 0 Å². The number of hydrogen-bond donors (Lipinski definition) is 1. The monoisotopic (exact) mass is 321 g/mol. The standard InChI is InChI=1S/C18H31N3O2/c1-11(2)16(17-19-13(4)21-23-17)20-15(22)8-14-7-12(3)9-18(5,6)10-14/h11-12,14,16H,7-10H2,1-6H3,(H,20,22). The Labute approximate surface area is 139 Å². The van der Waals surface area contributed by atoms with Gasteiger partial charge in [-0.3, -0.25) is 4.79 Å². The molecule has 3 unspecified atom stereocenters. The maximum Gasteiger partial charge on any atom is 0.249 e. The van der Waals surface area contributed by atoms with Crippen LogP contribution in [-0.2, 0) is 4.79 Å². The molecule has 1 N–H and O–H groups in total. The summed E-state index contributed by atoms with van der Waals surface area (Å²) in [7, 11) is 0. The first kappa shape index (κ1) is 18.0. The van der Waals surface area contributed by atoms with Crippen molar-refractivity contribution in [3.63, 3.8) is 0 Å². The van der Waals surface area contributed by atoms with Crippen LogP contribution in [0, 0.1) is 30.1 Å². The zero-order chi connectivity index (χ0) is 17.2. The SMILES string of the molecule is Cc1noc(C(NC(=O)CC2CC(C)CC(C)(C)C2)C(C)C)n1. The number of carbonyl (C=O) groups is 1. The van der Waals surface area contributed by atoms with Crippen molar-refractivity contribution in [2.75, 3.05) is 0 Å². The van der Waals surface area contributed by atoms with Crippen molar-refractivity contribution in [3.05, 3.63) is 11.7 Å². The van der Waals surface area contributed by atoms with Crippen molar-refractivity contribution >= 4 is 5.91 Å². The second kappa shape index (κ2) is 7.02. The zero-order valence-corrected chi connectivity index (χ0v) is 15.3. The first-order chi connectivity index (χ1) is 10.7. The van der Waals surface area contributed by atoms with Crippen LogP contribution in [0.1, 0.15) is 78.1 Å². The lowest BCUT2D eigenvalue weighted by Crippen LogP contribution is -2.35. The first-order valence-electron chi connectivity index (χ1n) is 8.76. The Bertz CT molecular complexity index is 536. The van der Waals surface area contributed by atoms with E-state index in [9.17, 15) is 4.79 Å². The molecule has 1 aliphatic rings. The van der Waals surface area contributed by atoms with Gasteiger partial charge in [-0.15, -0.1) is 0 Å². The molecule has 3 atom stereocenters. The quantitative estimate of drug-likeness (QED) is 0.888. The number of rotatable bonds is 5. The third kappa shape index (κ3) is 5.05. The Morgan fingerprint density at radius 1 is 1.39 bits per heavy atom. The van der Waals surface area contributed by atoms with Gasteiger partial charge in [0.15, 0.2) is 5.82 Å². The number of aryl methyl sites for hydroxylation is 1. The van der Waals surface area contributed by atoms with Crippen molar-refractivity contribution in [3.8, 4) is 0 Å². The predicted molar refractivity (Wildman–Crippen MR) is 89.7 cm³/mol. The molecule has 130 valence electrons. The fourth-order valence-corrected chi connectivity index (χ4v) is 4.15. The molecule has 5 nitrogen and oxygen atoms in total. The normalized spacial score (nSPS) is 25.3. The van der Waals surface area contributed by atoms with E-state index in [1.165, 1.54) is 6.42 Å². The molecule has 2 rings (SSSR count). The summed E-state index contributed by atoms with van der Waals surface area (Å²) in [5.74, 6) is 2.56. The highest BCUT2D eigenvalue weighted by atomic mass is 16.5. The topological polar surface area (TPSA) is 68.0 Å². The van der Waals surface area contributed by atoms with E-state index < -0.39 is 0 Å². The molecule has 0 saturated heterocycles. The van der Waals surface area contributed by atoms with Gasteiger partial charge in [0.1, 0.15) is 6.04 Å². The Kier molecular flexibility index (Phi) is 5.48. The molecule has 0 radical (unpaired) electrons. The maximum atomic E-state index is 12.5. The molecule has 0 spiro atoms. The summed E-state index contributed by atoms with van der Waals surface area (Å²) in [6.07, 6.45) is 4.10. The molecule has 23 heavy (non-hydrogen) atoms. The molecule has 0 aliphatic heterocycles. The van der Waals surface area contributed by atoms with E-state index in [0.717, 1.165) is 12.8 Å². The lowest BCUT2D eigenvalue weighted by molar-refractivity contribution is -0.124. The van der Waals surface area contributed by atoms with E-state index in [1.807, 2.05) is 0 Å². The second-order valence-corrected chi connectivity index (χ2v) is 8.45. The summed E-state index contributed by atoms with van der Waals surface area (Å²) >= 11 is 0. The van der Waals surface area contributed by atoms with Gasteiger partial charge < -0.3 is 9.84 Å². The van der Waals surface area contributed by atoms with E-state index in [0.29, 0.717) is 35.4 Å². The fraction of sp³-hybridized carbons (Fsp3) is 0.833. The van der Waals surface area contributed by atoms with Gasteiger partial charge in [-0.25, -0.2) is 0 Å². The van der Waals surface area contributed by atoms with Gasteiger partial charge in [-0.1, -0.05) is 39.8 Å². The van der Waals surface area contributed by atoms with Gasteiger partial charge in [0.2, 0.25) is 11.8 Å². The minimum Gasteiger partial charge on any atom is -0.344 e. The number of amides is 1. The van der Waals surface area contributed by atoms with Gasteiger partial charge in [0, 0.05) is 6.42 Å². The first-order valence-corrected chi connectivity index (χ1v) is 8.76. The minimum atomic E-state index is -0.210. The predicted octanol–water partition coefficient (Wildman–Crippen LogP) is 4.04. The molecule has 1 aromatic rings. The molecule has 1 heterocycles. The van der Waals surface area contributed by atoms with Crippen molar-refractivity contribution < 1.29 is 9.32 Å². The van der Waals surface area contributed by atoms with Gasteiger partial charge >= 0.3 is 0 Å². The molecule has 1 saturated carbocycles. The minimum absolute atomic E-state index is 0.0921. The number of carbonyl (C=O) groups excluding carboxylic acids is 1. The largest absolute Gasteiger partial charge is 0.344 e. The van der Waals surface area contributed by atoms with Crippen LogP contribution in [0.4, 0.5) is 0 Å². The summed E-state index contributed by atoms with van der Waals surface area (Å²) in [5, 5.41) is 6.93. The van der Waals surface area contributed by atoms with Crippen LogP contribution >= 0.6 is 0 Å². The number of nitrogens with one attached hydrogen (secondary N) is 1. The van der Waals surface area contributed by atoms with Crippen molar-refractivity contribution in [2.24, 2.45) is 23.2 Å². The maximum absolute atomic E-state index is 12.5. The Morgan fingerprint density at radius 2 is 2.09 bits per heavy atom. The lowest BCUT2D eigenvalue weighted by atomic mass is 9.67. The molecule has 1 aliphatic carbocycles. The van der Waals surface area contributed by atoms with Crippen molar-refractivity contribution in [1.82, 2.24) is 15.5 Å². The third-order valence-corrected chi connectivity index (χ3v) is 4.74. The van der Waals surface area contributed by atoms with Crippen LogP contribution in [0.3, 0.4) is 0 Å². The van der Waals surface area contributed by atoms with Crippen LogP contribution in [-0.4, -0.2) is 16.0 Å². The Morgan fingerprint density at radius 3 is 2.61 bits per heavy atom. The highest BCUT2D eigenvalue weighted by molar-refractivity contribution is 5.76.